The number of benzene rings is 3. The zero-order chi connectivity index (χ0) is 25.2. The molecular weight excluding hydrogens is 466 g/mol. The molecule has 3 aromatic carbocycles. The van der Waals surface area contributed by atoms with Crippen molar-refractivity contribution in [2.75, 3.05) is 5.73 Å². The number of alkyl halides is 6. The number of rotatable bonds is 2. The van der Waals surface area contributed by atoms with Crippen LogP contribution in [0.1, 0.15) is 28.7 Å². The molecule has 8 heteroatoms. The van der Waals surface area contributed by atoms with E-state index in [9.17, 15) is 13.2 Å². The Hall–Kier alpha value is -3.68. The molecule has 1 unspecified atom stereocenters. The van der Waals surface area contributed by atoms with Crippen LogP contribution in [0.2, 0.25) is 0 Å². The highest BCUT2D eigenvalue weighted by atomic mass is 19.4. The van der Waals surface area contributed by atoms with Gasteiger partial charge in [-0.3, -0.25) is 0 Å². The monoisotopic (exact) mass is 486 g/mol. The first-order valence-corrected chi connectivity index (χ1v) is 10.8. The lowest BCUT2D eigenvalue weighted by atomic mass is 9.52. The van der Waals surface area contributed by atoms with Crippen LogP contribution >= 0.6 is 0 Å². The summed E-state index contributed by atoms with van der Waals surface area (Å²) in [5.74, 6) is 0. The lowest BCUT2D eigenvalue weighted by molar-refractivity contribution is -0.219. The van der Waals surface area contributed by atoms with Crippen LogP contribution in [0.5, 0.6) is 0 Å². The molecule has 5 rings (SSSR count). The van der Waals surface area contributed by atoms with Crippen LogP contribution in [0.25, 0.3) is 11.1 Å². The standard InChI is InChI=1S/C27H20F6N2/c28-26(29,30)22-15-16(9-10-23(22)35)25(24(27(31,32)33)13-11-17(34)12-14-24)20-7-3-1-5-18(20)19-6-2-4-8-21(19)25/h1-13,15H,14,34-35H2. The third-order valence-corrected chi connectivity index (χ3v) is 7.14. The van der Waals surface area contributed by atoms with Crippen molar-refractivity contribution in [3.8, 4) is 11.1 Å². The molecule has 0 amide bonds. The Morgan fingerprint density at radius 1 is 0.743 bits per heavy atom. The van der Waals surface area contributed by atoms with Crippen LogP contribution in [0, 0.1) is 5.41 Å². The largest absolute Gasteiger partial charge is 0.418 e. The molecule has 2 aliphatic rings. The predicted molar refractivity (Wildman–Crippen MR) is 122 cm³/mol. The molecule has 35 heavy (non-hydrogen) atoms. The second kappa shape index (κ2) is 7.41. The number of anilines is 1. The Kier molecular flexibility index (Phi) is 4.88. The van der Waals surface area contributed by atoms with Crippen LogP contribution in [-0.2, 0) is 11.6 Å². The van der Waals surface area contributed by atoms with Crippen LogP contribution in [0.3, 0.4) is 0 Å². The molecule has 0 heterocycles. The van der Waals surface area contributed by atoms with Gasteiger partial charge in [0.25, 0.3) is 0 Å². The van der Waals surface area contributed by atoms with Crippen molar-refractivity contribution >= 4 is 5.69 Å². The minimum atomic E-state index is -4.86. The first kappa shape index (κ1) is 23.1. The van der Waals surface area contributed by atoms with E-state index in [-0.39, 0.29) is 22.4 Å². The van der Waals surface area contributed by atoms with Crippen molar-refractivity contribution in [1.29, 1.82) is 0 Å². The summed E-state index contributed by atoms with van der Waals surface area (Å²) in [6.07, 6.45) is -6.79. The molecule has 4 N–H and O–H groups in total. The maximum Gasteiger partial charge on any atom is 0.418 e. The number of hydrogen-bond donors (Lipinski definition) is 2. The molecule has 0 bridgehead atoms. The predicted octanol–water partition coefficient (Wildman–Crippen LogP) is 6.95. The van der Waals surface area contributed by atoms with E-state index in [0.29, 0.717) is 11.1 Å². The van der Waals surface area contributed by atoms with Crippen LogP contribution in [0.4, 0.5) is 32.0 Å². The van der Waals surface area contributed by atoms with E-state index in [0.717, 1.165) is 18.2 Å². The van der Waals surface area contributed by atoms with Gasteiger partial charge >= 0.3 is 12.4 Å². The lowest BCUT2D eigenvalue weighted by Gasteiger charge is -2.50. The highest BCUT2D eigenvalue weighted by molar-refractivity contribution is 5.85. The van der Waals surface area contributed by atoms with Gasteiger partial charge in [-0.25, -0.2) is 0 Å². The summed E-state index contributed by atoms with van der Waals surface area (Å²) in [4.78, 5) is 0. The van der Waals surface area contributed by atoms with E-state index < -0.39 is 40.9 Å². The number of halogens is 6. The fourth-order valence-electron chi connectivity index (χ4n) is 5.67. The number of hydrogen-bond acceptors (Lipinski definition) is 2. The molecule has 3 aromatic rings. The maximum absolute atomic E-state index is 15.3. The SMILES string of the molecule is NC1=CCC(C(F)(F)F)(C2(c3ccc(N)c(C(F)(F)F)c3)c3ccccc3-c3ccccc32)C=C1. The molecule has 0 aliphatic heterocycles. The number of nitrogens with two attached hydrogens (primary N) is 2. The van der Waals surface area contributed by atoms with E-state index in [4.69, 9.17) is 11.5 Å². The molecule has 0 spiro atoms. The summed E-state index contributed by atoms with van der Waals surface area (Å²) in [5, 5.41) is 0. The molecule has 1 atom stereocenters. The Bertz CT molecular complexity index is 1340. The fourth-order valence-corrected chi connectivity index (χ4v) is 5.67. The Balaban J connectivity index is 2.00. The second-order valence-electron chi connectivity index (χ2n) is 8.85. The smallest absolute Gasteiger partial charge is 0.399 e. The summed E-state index contributed by atoms with van der Waals surface area (Å²) in [5.41, 5.74) is 6.70. The van der Waals surface area contributed by atoms with Crippen molar-refractivity contribution in [3.05, 3.63) is 113 Å². The van der Waals surface area contributed by atoms with Crippen molar-refractivity contribution in [2.45, 2.75) is 24.2 Å². The van der Waals surface area contributed by atoms with Crippen molar-refractivity contribution in [2.24, 2.45) is 11.1 Å². The summed E-state index contributed by atoms with van der Waals surface area (Å²) < 4.78 is 87.8. The Labute approximate surface area is 197 Å². The Morgan fingerprint density at radius 3 is 1.80 bits per heavy atom. The third kappa shape index (κ3) is 3.05. The van der Waals surface area contributed by atoms with Crippen molar-refractivity contribution in [3.63, 3.8) is 0 Å². The molecule has 0 fully saturated rings. The van der Waals surface area contributed by atoms with Crippen LogP contribution in [0.15, 0.2) is 90.7 Å². The summed E-state index contributed by atoms with van der Waals surface area (Å²) >= 11 is 0. The van der Waals surface area contributed by atoms with E-state index in [1.807, 2.05) is 0 Å². The van der Waals surface area contributed by atoms with Gasteiger partial charge in [-0.2, -0.15) is 26.3 Å². The summed E-state index contributed by atoms with van der Waals surface area (Å²) in [6, 6.07) is 16.2. The Morgan fingerprint density at radius 2 is 1.31 bits per heavy atom. The molecule has 0 saturated heterocycles. The molecule has 2 nitrogen and oxygen atoms in total. The van der Waals surface area contributed by atoms with Gasteiger partial charge in [0.2, 0.25) is 0 Å². The van der Waals surface area contributed by atoms with Crippen molar-refractivity contribution in [1.82, 2.24) is 0 Å². The lowest BCUT2D eigenvalue weighted by Crippen LogP contribution is -2.54. The van der Waals surface area contributed by atoms with Gasteiger partial charge in [0.05, 0.1) is 11.0 Å². The van der Waals surface area contributed by atoms with Gasteiger partial charge < -0.3 is 11.5 Å². The highest BCUT2D eigenvalue weighted by Gasteiger charge is 2.69. The fraction of sp³-hybridized carbons (Fsp3) is 0.185. The number of fused-ring (bicyclic) bond motifs is 3. The molecule has 0 saturated carbocycles. The molecule has 180 valence electrons. The van der Waals surface area contributed by atoms with E-state index in [1.165, 1.54) is 18.2 Å². The first-order valence-electron chi connectivity index (χ1n) is 10.8. The minimum absolute atomic E-state index is 0.146. The first-order chi connectivity index (χ1) is 16.4. The van der Waals surface area contributed by atoms with Gasteiger partial charge in [0.1, 0.15) is 5.41 Å². The van der Waals surface area contributed by atoms with Gasteiger partial charge in [0, 0.05) is 11.4 Å². The van der Waals surface area contributed by atoms with Gasteiger partial charge in [-0.1, -0.05) is 66.7 Å². The zero-order valence-corrected chi connectivity index (χ0v) is 18.2. The van der Waals surface area contributed by atoms with Crippen LogP contribution in [-0.4, -0.2) is 6.18 Å². The van der Waals surface area contributed by atoms with Crippen molar-refractivity contribution < 1.29 is 26.3 Å². The van der Waals surface area contributed by atoms with E-state index >= 15 is 13.2 Å². The summed E-state index contributed by atoms with van der Waals surface area (Å²) in [7, 11) is 0. The van der Waals surface area contributed by atoms with Gasteiger partial charge in [-0.05, 0) is 52.4 Å². The average Bonchev–Trinajstić information content (AvgIpc) is 3.10. The topological polar surface area (TPSA) is 52.0 Å². The number of allylic oxidation sites excluding steroid dienone is 3. The van der Waals surface area contributed by atoms with E-state index in [1.54, 1.807) is 48.5 Å². The van der Waals surface area contributed by atoms with Gasteiger partial charge in [0.15, 0.2) is 0 Å². The molecule has 2 aliphatic carbocycles. The second-order valence-corrected chi connectivity index (χ2v) is 8.85. The summed E-state index contributed by atoms with van der Waals surface area (Å²) in [6.45, 7) is 0. The van der Waals surface area contributed by atoms with Crippen LogP contribution < -0.4 is 11.5 Å². The normalized spacial score (nSPS) is 20.8. The molecule has 0 aromatic heterocycles. The number of nitrogen functional groups attached to an aromatic ring is 1. The van der Waals surface area contributed by atoms with E-state index in [2.05, 4.69) is 0 Å². The highest BCUT2D eigenvalue weighted by Crippen LogP contribution is 2.67. The molecular formula is C27H20F6N2. The zero-order valence-electron chi connectivity index (χ0n) is 18.2. The quantitative estimate of drug-likeness (QED) is 0.304. The molecule has 0 radical (unpaired) electrons. The minimum Gasteiger partial charge on any atom is -0.399 e. The maximum atomic E-state index is 15.3. The average molecular weight is 486 g/mol. The van der Waals surface area contributed by atoms with Gasteiger partial charge in [-0.15, -0.1) is 0 Å². The third-order valence-electron chi connectivity index (χ3n) is 7.14.